The first-order valence-corrected chi connectivity index (χ1v) is 7.43. The number of piperazine rings is 1. The van der Waals surface area contributed by atoms with Crippen LogP contribution < -0.4 is 5.32 Å². The molecule has 3 rings (SSSR count). The Bertz CT molecular complexity index is 402. The molecule has 0 bridgehead atoms. The van der Waals surface area contributed by atoms with Crippen molar-refractivity contribution in [3.63, 3.8) is 0 Å². The van der Waals surface area contributed by atoms with Crippen LogP contribution in [0.15, 0.2) is 12.3 Å². The van der Waals surface area contributed by atoms with Gasteiger partial charge in [-0.3, -0.25) is 14.5 Å². The Morgan fingerprint density at radius 2 is 2.05 bits per heavy atom. The summed E-state index contributed by atoms with van der Waals surface area (Å²) in [6.45, 7) is 12.5. The Hall–Kier alpha value is -0.910. The summed E-state index contributed by atoms with van der Waals surface area (Å²) in [5.41, 5.74) is 1.20. The fourth-order valence-electron chi connectivity index (χ4n) is 2.93. The van der Waals surface area contributed by atoms with Crippen LogP contribution in [0.1, 0.15) is 25.6 Å². The van der Waals surface area contributed by atoms with Crippen molar-refractivity contribution in [3.05, 3.63) is 18.0 Å². The summed E-state index contributed by atoms with van der Waals surface area (Å²) in [4.78, 5) is 5.12. The van der Waals surface area contributed by atoms with Gasteiger partial charge in [0.2, 0.25) is 0 Å². The summed E-state index contributed by atoms with van der Waals surface area (Å²) in [5, 5.41) is 8.03. The molecule has 0 amide bonds. The lowest BCUT2D eigenvalue weighted by Gasteiger charge is -2.46. The van der Waals surface area contributed by atoms with E-state index in [4.69, 9.17) is 0 Å². The van der Waals surface area contributed by atoms with Gasteiger partial charge in [0.1, 0.15) is 0 Å². The van der Waals surface area contributed by atoms with Crippen molar-refractivity contribution in [2.75, 3.05) is 39.3 Å². The van der Waals surface area contributed by atoms with Crippen molar-refractivity contribution >= 4 is 0 Å². The summed E-state index contributed by atoms with van der Waals surface area (Å²) >= 11 is 0. The fourth-order valence-corrected chi connectivity index (χ4v) is 2.93. The van der Waals surface area contributed by atoms with Crippen LogP contribution in [0.2, 0.25) is 0 Å². The molecule has 5 heteroatoms. The molecule has 5 nitrogen and oxygen atoms in total. The third-order valence-electron chi connectivity index (χ3n) is 4.18. The summed E-state index contributed by atoms with van der Waals surface area (Å²) in [6, 6.07) is 3.38. The van der Waals surface area contributed by atoms with E-state index in [9.17, 15) is 0 Å². The molecule has 1 N–H and O–H groups in total. The van der Waals surface area contributed by atoms with Crippen LogP contribution >= 0.6 is 0 Å². The molecule has 0 aliphatic carbocycles. The SMILES string of the molecule is CC(C)n1ccc(CN2CC(N3CCNCC3)C2)n1. The predicted molar refractivity (Wildman–Crippen MR) is 76.1 cm³/mol. The minimum absolute atomic E-state index is 0.457. The van der Waals surface area contributed by atoms with Gasteiger partial charge in [0, 0.05) is 64.1 Å². The van der Waals surface area contributed by atoms with Gasteiger partial charge in [-0.05, 0) is 19.9 Å². The molecule has 2 saturated heterocycles. The zero-order chi connectivity index (χ0) is 13.2. The number of hydrogen-bond acceptors (Lipinski definition) is 4. The highest BCUT2D eigenvalue weighted by atomic mass is 15.3. The van der Waals surface area contributed by atoms with Crippen molar-refractivity contribution in [2.45, 2.75) is 32.5 Å². The third kappa shape index (κ3) is 2.99. The van der Waals surface area contributed by atoms with Gasteiger partial charge in [-0.15, -0.1) is 0 Å². The van der Waals surface area contributed by atoms with Gasteiger partial charge >= 0.3 is 0 Å². The molecule has 0 saturated carbocycles. The number of nitrogens with zero attached hydrogens (tertiary/aromatic N) is 4. The first-order chi connectivity index (χ1) is 9.22. The number of hydrogen-bond donors (Lipinski definition) is 1. The largest absolute Gasteiger partial charge is 0.314 e. The van der Waals surface area contributed by atoms with E-state index in [1.807, 2.05) is 4.68 Å². The van der Waals surface area contributed by atoms with Gasteiger partial charge in [-0.2, -0.15) is 5.10 Å². The van der Waals surface area contributed by atoms with E-state index in [2.05, 4.69) is 46.3 Å². The van der Waals surface area contributed by atoms with E-state index in [1.165, 1.54) is 31.9 Å². The van der Waals surface area contributed by atoms with Crippen LogP contribution in [0, 0.1) is 0 Å². The molecule has 1 aromatic heterocycles. The summed E-state index contributed by atoms with van der Waals surface area (Å²) < 4.78 is 2.04. The molecule has 106 valence electrons. The van der Waals surface area contributed by atoms with Crippen molar-refractivity contribution in [2.24, 2.45) is 0 Å². The zero-order valence-electron chi connectivity index (χ0n) is 12.0. The quantitative estimate of drug-likeness (QED) is 0.861. The Morgan fingerprint density at radius 1 is 1.32 bits per heavy atom. The summed E-state index contributed by atoms with van der Waals surface area (Å²) in [6.07, 6.45) is 2.09. The smallest absolute Gasteiger partial charge is 0.0764 e. The van der Waals surface area contributed by atoms with E-state index in [0.29, 0.717) is 6.04 Å². The van der Waals surface area contributed by atoms with Gasteiger partial charge in [-0.25, -0.2) is 0 Å². The molecule has 2 aliphatic rings. The van der Waals surface area contributed by atoms with Crippen molar-refractivity contribution < 1.29 is 0 Å². The Labute approximate surface area is 115 Å². The molecule has 0 atom stereocenters. The summed E-state index contributed by atoms with van der Waals surface area (Å²) in [5.74, 6) is 0. The zero-order valence-corrected chi connectivity index (χ0v) is 12.0. The second-order valence-electron chi connectivity index (χ2n) is 6.01. The van der Waals surface area contributed by atoms with Gasteiger partial charge in [0.05, 0.1) is 5.69 Å². The van der Waals surface area contributed by atoms with Crippen molar-refractivity contribution in [1.29, 1.82) is 0 Å². The standard InChI is InChI=1S/C14H25N5/c1-12(2)19-6-3-13(16-19)9-17-10-14(11-17)18-7-4-15-5-8-18/h3,6,12,14-15H,4-5,7-11H2,1-2H3. The minimum Gasteiger partial charge on any atom is -0.314 e. The van der Waals surface area contributed by atoms with E-state index in [-0.39, 0.29) is 0 Å². The average molecular weight is 263 g/mol. The van der Waals surface area contributed by atoms with Gasteiger partial charge in [-0.1, -0.05) is 0 Å². The molecule has 3 heterocycles. The van der Waals surface area contributed by atoms with Gasteiger partial charge < -0.3 is 5.32 Å². The topological polar surface area (TPSA) is 36.3 Å². The van der Waals surface area contributed by atoms with E-state index in [1.54, 1.807) is 0 Å². The number of aromatic nitrogens is 2. The van der Waals surface area contributed by atoms with E-state index >= 15 is 0 Å². The number of rotatable bonds is 4. The number of likely N-dealkylation sites (tertiary alicyclic amines) is 1. The first-order valence-electron chi connectivity index (χ1n) is 7.43. The second-order valence-corrected chi connectivity index (χ2v) is 6.01. The highest BCUT2D eigenvalue weighted by Crippen LogP contribution is 2.18. The fraction of sp³-hybridized carbons (Fsp3) is 0.786. The lowest BCUT2D eigenvalue weighted by Crippen LogP contribution is -2.62. The van der Waals surface area contributed by atoms with E-state index in [0.717, 1.165) is 25.7 Å². The molecular weight excluding hydrogens is 238 g/mol. The molecule has 2 aliphatic heterocycles. The van der Waals surface area contributed by atoms with Gasteiger partial charge in [0.15, 0.2) is 0 Å². The van der Waals surface area contributed by atoms with Crippen LogP contribution in [0.3, 0.4) is 0 Å². The number of nitrogens with one attached hydrogen (secondary N) is 1. The normalized spacial score (nSPS) is 22.9. The Kier molecular flexibility index (Phi) is 3.86. The Morgan fingerprint density at radius 3 is 2.68 bits per heavy atom. The van der Waals surface area contributed by atoms with Crippen molar-refractivity contribution in [1.82, 2.24) is 24.9 Å². The minimum atomic E-state index is 0.457. The molecule has 0 spiro atoms. The highest BCUT2D eigenvalue weighted by molar-refractivity contribution is 5.02. The molecule has 2 fully saturated rings. The lowest BCUT2D eigenvalue weighted by atomic mass is 10.1. The van der Waals surface area contributed by atoms with Crippen LogP contribution in [0.5, 0.6) is 0 Å². The van der Waals surface area contributed by atoms with Gasteiger partial charge in [0.25, 0.3) is 0 Å². The maximum atomic E-state index is 4.62. The average Bonchev–Trinajstić information content (AvgIpc) is 2.83. The van der Waals surface area contributed by atoms with Crippen LogP contribution in [-0.4, -0.2) is 64.9 Å². The molecule has 0 aromatic carbocycles. The summed E-state index contributed by atoms with van der Waals surface area (Å²) in [7, 11) is 0. The second kappa shape index (κ2) is 5.61. The first kappa shape index (κ1) is 13.1. The maximum absolute atomic E-state index is 4.62. The van der Waals surface area contributed by atoms with E-state index < -0.39 is 0 Å². The van der Waals surface area contributed by atoms with Crippen LogP contribution in [0.4, 0.5) is 0 Å². The molecule has 0 unspecified atom stereocenters. The lowest BCUT2D eigenvalue weighted by molar-refractivity contribution is 0.0214. The molecular formula is C14H25N5. The van der Waals surface area contributed by atoms with Crippen molar-refractivity contribution in [3.8, 4) is 0 Å². The maximum Gasteiger partial charge on any atom is 0.0764 e. The third-order valence-corrected chi connectivity index (χ3v) is 4.18. The predicted octanol–water partition coefficient (Wildman–Crippen LogP) is 0.553. The van der Waals surface area contributed by atoms with Crippen LogP contribution in [-0.2, 0) is 6.54 Å². The molecule has 0 radical (unpaired) electrons. The molecule has 19 heavy (non-hydrogen) atoms. The monoisotopic (exact) mass is 263 g/mol. The highest BCUT2D eigenvalue weighted by Gasteiger charge is 2.32. The van der Waals surface area contributed by atoms with Crippen LogP contribution in [0.25, 0.3) is 0 Å². The Balaban J connectivity index is 1.45. The molecule has 1 aromatic rings.